The highest BCUT2D eigenvalue weighted by Gasteiger charge is 2.31. The molecule has 0 saturated carbocycles. The number of amides is 2. The summed E-state index contributed by atoms with van der Waals surface area (Å²) in [5, 5.41) is 3.29. The van der Waals surface area contributed by atoms with Crippen LogP contribution >= 0.6 is 11.6 Å². The lowest BCUT2D eigenvalue weighted by Crippen LogP contribution is -2.58. The smallest absolute Gasteiger partial charge is 0.256 e. The molecule has 1 atom stereocenters. The molecule has 2 amide bonds. The van der Waals surface area contributed by atoms with Crippen LogP contribution in [0.15, 0.2) is 18.5 Å². The first kappa shape index (κ1) is 12.8. The van der Waals surface area contributed by atoms with Gasteiger partial charge in [-0.3, -0.25) is 14.6 Å². The van der Waals surface area contributed by atoms with Crippen LogP contribution in [0, 0.1) is 0 Å². The summed E-state index contributed by atoms with van der Waals surface area (Å²) in [6.07, 6.45) is 2.89. The Morgan fingerprint density at radius 1 is 1.56 bits per heavy atom. The van der Waals surface area contributed by atoms with Crippen molar-refractivity contribution in [3.8, 4) is 0 Å². The number of rotatable bonds is 2. The van der Waals surface area contributed by atoms with Gasteiger partial charge >= 0.3 is 0 Å². The fourth-order valence-corrected chi connectivity index (χ4v) is 2.11. The zero-order valence-corrected chi connectivity index (χ0v) is 10.4. The third-order valence-corrected chi connectivity index (χ3v) is 3.14. The van der Waals surface area contributed by atoms with Crippen molar-refractivity contribution < 1.29 is 9.59 Å². The van der Waals surface area contributed by atoms with Crippen molar-refractivity contribution in [2.24, 2.45) is 5.73 Å². The van der Waals surface area contributed by atoms with Gasteiger partial charge in [0.15, 0.2) is 0 Å². The standard InChI is InChI=1S/C11H13ClN4O2/c12-8-5-14-2-1-7(8)11(18)16-4-3-15-6-9(16)10(13)17/h1-2,5,9,15H,3-4,6H2,(H2,13,17). The average molecular weight is 269 g/mol. The van der Waals surface area contributed by atoms with Crippen molar-refractivity contribution in [3.05, 3.63) is 29.0 Å². The van der Waals surface area contributed by atoms with Crippen molar-refractivity contribution in [3.63, 3.8) is 0 Å². The summed E-state index contributed by atoms with van der Waals surface area (Å²) in [5.74, 6) is -0.826. The van der Waals surface area contributed by atoms with Gasteiger partial charge in [-0.15, -0.1) is 0 Å². The molecule has 18 heavy (non-hydrogen) atoms. The predicted octanol–water partition coefficient (Wildman–Crippen LogP) is -0.366. The Bertz CT molecular complexity index is 480. The minimum atomic E-state index is -0.643. The molecule has 0 aromatic carbocycles. The fourth-order valence-electron chi connectivity index (χ4n) is 1.90. The molecule has 0 spiro atoms. The molecule has 2 heterocycles. The third kappa shape index (κ3) is 2.44. The van der Waals surface area contributed by atoms with E-state index >= 15 is 0 Å². The number of pyridine rings is 1. The van der Waals surface area contributed by atoms with Crippen LogP contribution in [-0.4, -0.2) is 47.4 Å². The second-order valence-electron chi connectivity index (χ2n) is 3.98. The molecule has 1 fully saturated rings. The van der Waals surface area contributed by atoms with Crippen LogP contribution < -0.4 is 11.1 Å². The van der Waals surface area contributed by atoms with Crippen LogP contribution in [0.5, 0.6) is 0 Å². The van der Waals surface area contributed by atoms with E-state index in [0.717, 1.165) is 0 Å². The van der Waals surface area contributed by atoms with Crippen molar-refractivity contribution >= 4 is 23.4 Å². The number of carbonyl (C=O) groups excluding carboxylic acids is 2. The fraction of sp³-hybridized carbons (Fsp3) is 0.364. The lowest BCUT2D eigenvalue weighted by molar-refractivity contribution is -0.122. The van der Waals surface area contributed by atoms with E-state index in [4.69, 9.17) is 17.3 Å². The molecule has 1 aliphatic rings. The maximum atomic E-state index is 12.3. The monoisotopic (exact) mass is 268 g/mol. The molecule has 0 radical (unpaired) electrons. The average Bonchev–Trinajstić information content (AvgIpc) is 2.38. The van der Waals surface area contributed by atoms with Crippen molar-refractivity contribution in [2.75, 3.05) is 19.6 Å². The first-order valence-corrected chi connectivity index (χ1v) is 5.89. The van der Waals surface area contributed by atoms with Gasteiger partial charge in [0.05, 0.1) is 10.6 Å². The zero-order chi connectivity index (χ0) is 13.1. The first-order chi connectivity index (χ1) is 8.61. The van der Waals surface area contributed by atoms with E-state index in [1.165, 1.54) is 23.4 Å². The summed E-state index contributed by atoms with van der Waals surface area (Å²) in [4.78, 5) is 28.9. The number of aromatic nitrogens is 1. The highest BCUT2D eigenvalue weighted by Crippen LogP contribution is 2.17. The van der Waals surface area contributed by atoms with Crippen LogP contribution in [-0.2, 0) is 4.79 Å². The second kappa shape index (κ2) is 5.32. The highest BCUT2D eigenvalue weighted by molar-refractivity contribution is 6.33. The Morgan fingerprint density at radius 2 is 2.33 bits per heavy atom. The van der Waals surface area contributed by atoms with E-state index in [2.05, 4.69) is 10.3 Å². The molecule has 2 rings (SSSR count). The third-order valence-electron chi connectivity index (χ3n) is 2.84. The van der Waals surface area contributed by atoms with E-state index in [9.17, 15) is 9.59 Å². The number of nitrogens with one attached hydrogen (secondary N) is 1. The van der Waals surface area contributed by atoms with E-state index in [-0.39, 0.29) is 10.9 Å². The summed E-state index contributed by atoms with van der Waals surface area (Å²) >= 11 is 5.92. The molecule has 7 heteroatoms. The van der Waals surface area contributed by atoms with Crippen LogP contribution in [0.3, 0.4) is 0 Å². The molecular formula is C11H13ClN4O2. The topological polar surface area (TPSA) is 88.3 Å². The van der Waals surface area contributed by atoms with Crippen molar-refractivity contribution in [1.29, 1.82) is 0 Å². The Balaban J connectivity index is 2.27. The molecule has 6 nitrogen and oxygen atoms in total. The summed E-state index contributed by atoms with van der Waals surface area (Å²) in [6, 6.07) is 0.889. The largest absolute Gasteiger partial charge is 0.368 e. The molecule has 0 aliphatic carbocycles. The molecule has 96 valence electrons. The number of halogens is 1. The second-order valence-corrected chi connectivity index (χ2v) is 4.38. The SMILES string of the molecule is NC(=O)C1CNCCN1C(=O)c1ccncc1Cl. The van der Waals surface area contributed by atoms with E-state index in [1.807, 2.05) is 0 Å². The Hall–Kier alpha value is -1.66. The minimum Gasteiger partial charge on any atom is -0.368 e. The maximum Gasteiger partial charge on any atom is 0.256 e. The molecule has 1 aliphatic heterocycles. The van der Waals surface area contributed by atoms with Crippen molar-refractivity contribution in [1.82, 2.24) is 15.2 Å². The number of hydrogen-bond acceptors (Lipinski definition) is 4. The number of nitrogens with zero attached hydrogens (tertiary/aromatic N) is 2. The zero-order valence-electron chi connectivity index (χ0n) is 9.60. The van der Waals surface area contributed by atoms with Gasteiger partial charge in [-0.2, -0.15) is 0 Å². The van der Waals surface area contributed by atoms with Gasteiger partial charge in [-0.25, -0.2) is 0 Å². The first-order valence-electron chi connectivity index (χ1n) is 5.52. The normalized spacial score (nSPS) is 19.6. The Kier molecular flexibility index (Phi) is 3.78. The summed E-state index contributed by atoms with van der Waals surface area (Å²) < 4.78 is 0. The molecule has 3 N–H and O–H groups in total. The Morgan fingerprint density at radius 3 is 3.00 bits per heavy atom. The van der Waals surface area contributed by atoms with Crippen LogP contribution in [0.25, 0.3) is 0 Å². The summed E-state index contributed by atoms with van der Waals surface area (Å²) in [6.45, 7) is 1.41. The molecule has 1 aromatic heterocycles. The Labute approximate surface area is 109 Å². The van der Waals surface area contributed by atoms with Crippen LogP contribution in [0.1, 0.15) is 10.4 Å². The summed E-state index contributed by atoms with van der Waals surface area (Å²) in [7, 11) is 0. The van der Waals surface area contributed by atoms with Gasteiger partial charge in [0.25, 0.3) is 5.91 Å². The van der Waals surface area contributed by atoms with Crippen LogP contribution in [0.4, 0.5) is 0 Å². The summed E-state index contributed by atoms with van der Waals surface area (Å²) in [5.41, 5.74) is 5.63. The number of hydrogen-bond donors (Lipinski definition) is 2. The quantitative estimate of drug-likeness (QED) is 0.766. The lowest BCUT2D eigenvalue weighted by Gasteiger charge is -2.34. The highest BCUT2D eigenvalue weighted by atomic mass is 35.5. The van der Waals surface area contributed by atoms with Gasteiger partial charge in [-0.1, -0.05) is 11.6 Å². The van der Waals surface area contributed by atoms with Gasteiger partial charge < -0.3 is 16.0 Å². The predicted molar refractivity (Wildman–Crippen MR) is 66.1 cm³/mol. The number of carbonyl (C=O) groups is 2. The minimum absolute atomic E-state index is 0.268. The molecular weight excluding hydrogens is 256 g/mol. The van der Waals surface area contributed by atoms with Gasteiger partial charge in [0, 0.05) is 32.0 Å². The van der Waals surface area contributed by atoms with E-state index in [1.54, 1.807) is 0 Å². The lowest BCUT2D eigenvalue weighted by atomic mass is 10.1. The van der Waals surface area contributed by atoms with Gasteiger partial charge in [0.2, 0.25) is 5.91 Å². The van der Waals surface area contributed by atoms with E-state index in [0.29, 0.717) is 25.2 Å². The molecule has 1 aromatic rings. The van der Waals surface area contributed by atoms with Gasteiger partial charge in [-0.05, 0) is 6.07 Å². The number of nitrogens with two attached hydrogens (primary N) is 1. The number of primary amides is 1. The maximum absolute atomic E-state index is 12.3. The van der Waals surface area contributed by atoms with Crippen molar-refractivity contribution in [2.45, 2.75) is 6.04 Å². The molecule has 0 bridgehead atoms. The number of piperazine rings is 1. The van der Waals surface area contributed by atoms with E-state index < -0.39 is 11.9 Å². The molecule has 1 saturated heterocycles. The van der Waals surface area contributed by atoms with Gasteiger partial charge in [0.1, 0.15) is 6.04 Å². The molecule has 1 unspecified atom stereocenters. The van der Waals surface area contributed by atoms with Crippen LogP contribution in [0.2, 0.25) is 5.02 Å².